The normalized spacial score (nSPS) is 15.1. The number of ether oxygens (including phenoxy) is 1. The lowest BCUT2D eigenvalue weighted by Crippen LogP contribution is -2.40. The van der Waals surface area contributed by atoms with E-state index in [-0.39, 0.29) is 5.56 Å². The molecule has 0 spiro atoms. The van der Waals surface area contributed by atoms with Crippen molar-refractivity contribution in [2.75, 3.05) is 0 Å². The molecule has 0 aromatic heterocycles. The first-order valence-corrected chi connectivity index (χ1v) is 6.75. The summed E-state index contributed by atoms with van der Waals surface area (Å²) in [7, 11) is 0. The van der Waals surface area contributed by atoms with Gasteiger partial charge in [0, 0.05) is 0 Å². The summed E-state index contributed by atoms with van der Waals surface area (Å²) in [5.41, 5.74) is -1.20. The van der Waals surface area contributed by atoms with Gasteiger partial charge in [0.25, 0.3) is 0 Å². The first-order chi connectivity index (χ1) is 9.90. The Hall–Kier alpha value is -1.76. The monoisotopic (exact) mass is 319 g/mol. The van der Waals surface area contributed by atoms with Crippen molar-refractivity contribution in [2.24, 2.45) is 0 Å². The van der Waals surface area contributed by atoms with Crippen LogP contribution in [-0.4, -0.2) is 22.8 Å². The highest BCUT2D eigenvalue weighted by Gasteiger charge is 2.30. The Morgan fingerprint density at radius 3 is 2.09 bits per heavy atom. The van der Waals surface area contributed by atoms with Crippen LogP contribution >= 0.6 is 0 Å². The van der Waals surface area contributed by atoms with Gasteiger partial charge in [0.2, 0.25) is 0 Å². The summed E-state index contributed by atoms with van der Waals surface area (Å²) in [6, 6.07) is 3.42. The molecular weight excluding hydrogens is 299 g/mol. The summed E-state index contributed by atoms with van der Waals surface area (Å²) in [5.74, 6) is 0. The van der Waals surface area contributed by atoms with Crippen LogP contribution in [0.2, 0.25) is 0 Å². The molecule has 124 valence electrons. The summed E-state index contributed by atoms with van der Waals surface area (Å²) < 4.78 is 42.5. The Labute approximate surface area is 127 Å². The largest absolute Gasteiger partial charge is 0.444 e. The maximum atomic E-state index is 12.5. The highest BCUT2D eigenvalue weighted by atomic mass is 19.4. The smallest absolute Gasteiger partial charge is 0.416 e. The molecule has 1 aromatic rings. The second-order valence-electron chi connectivity index (χ2n) is 6.00. The van der Waals surface area contributed by atoms with Gasteiger partial charge in [-0.15, -0.1) is 0 Å². The van der Waals surface area contributed by atoms with Crippen molar-refractivity contribution in [2.45, 2.75) is 51.6 Å². The van der Waals surface area contributed by atoms with Crippen LogP contribution in [0, 0.1) is 0 Å². The third-order valence-electron chi connectivity index (χ3n) is 2.80. The molecular formula is C15H20F3NO3. The van der Waals surface area contributed by atoms with E-state index < -0.39 is 35.6 Å². The van der Waals surface area contributed by atoms with Crippen molar-refractivity contribution < 1.29 is 27.8 Å². The molecule has 0 aliphatic heterocycles. The number of hydrogen-bond donors (Lipinski definition) is 2. The molecule has 22 heavy (non-hydrogen) atoms. The number of hydrogen-bond acceptors (Lipinski definition) is 3. The van der Waals surface area contributed by atoms with Crippen LogP contribution in [-0.2, 0) is 10.9 Å². The van der Waals surface area contributed by atoms with Gasteiger partial charge >= 0.3 is 12.3 Å². The zero-order valence-electron chi connectivity index (χ0n) is 12.9. The zero-order chi connectivity index (χ0) is 17.1. The van der Waals surface area contributed by atoms with E-state index in [4.69, 9.17) is 4.74 Å². The van der Waals surface area contributed by atoms with Crippen LogP contribution in [0.5, 0.6) is 0 Å². The second-order valence-corrected chi connectivity index (χ2v) is 6.00. The minimum Gasteiger partial charge on any atom is -0.444 e. The maximum absolute atomic E-state index is 12.5. The van der Waals surface area contributed by atoms with Crippen molar-refractivity contribution in [1.82, 2.24) is 5.32 Å². The molecule has 2 atom stereocenters. The summed E-state index contributed by atoms with van der Waals surface area (Å²) in [6.07, 6.45) is -6.27. The quantitative estimate of drug-likeness (QED) is 0.894. The molecule has 0 aliphatic carbocycles. The lowest BCUT2D eigenvalue weighted by Gasteiger charge is -2.24. The number of aliphatic hydroxyl groups excluding tert-OH is 1. The van der Waals surface area contributed by atoms with Gasteiger partial charge in [-0.3, -0.25) is 0 Å². The maximum Gasteiger partial charge on any atom is 0.416 e. The van der Waals surface area contributed by atoms with Crippen molar-refractivity contribution in [1.29, 1.82) is 0 Å². The third-order valence-corrected chi connectivity index (χ3v) is 2.80. The molecule has 0 saturated heterocycles. The van der Waals surface area contributed by atoms with E-state index >= 15 is 0 Å². The lowest BCUT2D eigenvalue weighted by atomic mass is 10.0. The van der Waals surface area contributed by atoms with Crippen LogP contribution in [0.3, 0.4) is 0 Å². The van der Waals surface area contributed by atoms with Gasteiger partial charge in [-0.05, 0) is 45.4 Å². The van der Waals surface area contributed by atoms with Crippen LogP contribution < -0.4 is 5.32 Å². The third kappa shape index (κ3) is 5.55. The molecule has 2 N–H and O–H groups in total. The number of alkyl halides is 3. The first kappa shape index (κ1) is 18.3. The van der Waals surface area contributed by atoms with Gasteiger partial charge in [-0.2, -0.15) is 13.2 Å². The number of carbonyl (C=O) groups is 1. The summed E-state index contributed by atoms with van der Waals surface area (Å²) >= 11 is 0. The van der Waals surface area contributed by atoms with Gasteiger partial charge in [0.1, 0.15) is 5.60 Å². The molecule has 0 radical (unpaired) electrons. The number of nitrogens with one attached hydrogen (secondary N) is 1. The molecule has 0 bridgehead atoms. The van der Waals surface area contributed by atoms with E-state index in [1.807, 2.05) is 0 Å². The molecule has 0 heterocycles. The molecule has 1 amide bonds. The van der Waals surface area contributed by atoms with Gasteiger partial charge in [-0.1, -0.05) is 12.1 Å². The number of carbonyl (C=O) groups excluding carboxylic acids is 1. The molecule has 7 heteroatoms. The predicted octanol–water partition coefficient (Wildman–Crippen LogP) is 3.65. The fraction of sp³-hybridized carbons (Fsp3) is 0.533. The molecule has 0 aliphatic rings. The standard InChI is InChI=1S/C15H20F3NO3/c1-9(19-13(21)22-14(2,3)4)12(20)10-5-7-11(8-6-10)15(16,17)18/h5-9,12,20H,1-4H3,(H,19,21)/t9-,12-/m1/s1. The van der Waals surface area contributed by atoms with Crippen molar-refractivity contribution in [3.8, 4) is 0 Å². The average molecular weight is 319 g/mol. The Morgan fingerprint density at radius 2 is 1.68 bits per heavy atom. The first-order valence-electron chi connectivity index (χ1n) is 6.75. The summed E-state index contributed by atoms with van der Waals surface area (Å²) in [5, 5.41) is 12.5. The minimum absolute atomic E-state index is 0.275. The number of aliphatic hydroxyl groups is 1. The number of alkyl carbamates (subject to hydrolysis) is 1. The van der Waals surface area contributed by atoms with Crippen LogP contribution in [0.15, 0.2) is 24.3 Å². The van der Waals surface area contributed by atoms with Crippen LogP contribution in [0.25, 0.3) is 0 Å². The Kier molecular flexibility index (Phi) is 5.45. The molecule has 4 nitrogen and oxygen atoms in total. The lowest BCUT2D eigenvalue weighted by molar-refractivity contribution is -0.137. The molecule has 1 rings (SSSR count). The average Bonchev–Trinajstić information content (AvgIpc) is 2.34. The fourth-order valence-electron chi connectivity index (χ4n) is 1.73. The predicted molar refractivity (Wildman–Crippen MR) is 75.2 cm³/mol. The molecule has 1 aromatic carbocycles. The van der Waals surface area contributed by atoms with E-state index in [2.05, 4.69) is 5.32 Å². The van der Waals surface area contributed by atoms with Gasteiger partial charge in [-0.25, -0.2) is 4.79 Å². The number of rotatable bonds is 3. The SMILES string of the molecule is C[C@@H](NC(=O)OC(C)(C)C)[C@@H](O)c1ccc(C(F)(F)F)cc1. The Morgan fingerprint density at radius 1 is 1.18 bits per heavy atom. The summed E-state index contributed by atoms with van der Waals surface area (Å²) in [6.45, 7) is 6.63. The van der Waals surface area contributed by atoms with Crippen LogP contribution in [0.4, 0.5) is 18.0 Å². The number of amides is 1. The van der Waals surface area contributed by atoms with Crippen molar-refractivity contribution in [3.05, 3.63) is 35.4 Å². The Bertz CT molecular complexity index is 506. The van der Waals surface area contributed by atoms with E-state index in [0.29, 0.717) is 0 Å². The van der Waals surface area contributed by atoms with Crippen molar-refractivity contribution in [3.63, 3.8) is 0 Å². The van der Waals surface area contributed by atoms with E-state index in [0.717, 1.165) is 12.1 Å². The van der Waals surface area contributed by atoms with Gasteiger partial charge < -0.3 is 15.2 Å². The minimum atomic E-state index is -4.43. The Balaban J connectivity index is 2.71. The van der Waals surface area contributed by atoms with Gasteiger partial charge in [0.05, 0.1) is 17.7 Å². The second kappa shape index (κ2) is 6.56. The fourth-order valence-corrected chi connectivity index (χ4v) is 1.73. The molecule has 0 saturated carbocycles. The van der Waals surface area contributed by atoms with Crippen molar-refractivity contribution >= 4 is 6.09 Å². The molecule has 0 fully saturated rings. The van der Waals surface area contributed by atoms with Gasteiger partial charge in [0.15, 0.2) is 0 Å². The molecule has 0 unspecified atom stereocenters. The van der Waals surface area contributed by atoms with E-state index in [9.17, 15) is 23.1 Å². The highest BCUT2D eigenvalue weighted by Crippen LogP contribution is 2.30. The number of halogens is 3. The zero-order valence-corrected chi connectivity index (χ0v) is 12.9. The van der Waals surface area contributed by atoms with E-state index in [1.54, 1.807) is 20.8 Å². The summed E-state index contributed by atoms with van der Waals surface area (Å²) in [4.78, 5) is 11.6. The number of benzene rings is 1. The van der Waals surface area contributed by atoms with E-state index in [1.165, 1.54) is 19.1 Å². The topological polar surface area (TPSA) is 58.6 Å². The highest BCUT2D eigenvalue weighted by molar-refractivity contribution is 5.68. The van der Waals surface area contributed by atoms with Crippen LogP contribution in [0.1, 0.15) is 44.9 Å².